The molecule has 0 amide bonds. The zero-order valence-corrected chi connectivity index (χ0v) is 9.45. The van der Waals surface area contributed by atoms with Crippen molar-refractivity contribution in [3.63, 3.8) is 0 Å². The van der Waals surface area contributed by atoms with Crippen LogP contribution in [0.5, 0.6) is 0 Å². The van der Waals surface area contributed by atoms with Gasteiger partial charge in [-0.1, -0.05) is 13.0 Å². The maximum Gasteiger partial charge on any atom is 0.133 e. The molecule has 2 nitrogen and oxygen atoms in total. The maximum absolute atomic E-state index is 5.32. The molecule has 80 valence electrons. The third-order valence-corrected chi connectivity index (χ3v) is 3.21. The van der Waals surface area contributed by atoms with Crippen LogP contribution in [-0.2, 0) is 0 Å². The van der Waals surface area contributed by atoms with Gasteiger partial charge in [0, 0.05) is 11.4 Å². The molecule has 0 radical (unpaired) electrons. The number of likely N-dealkylation sites (N-methyl/N-ethyl adjacent to an activating group) is 1. The molecule has 2 aromatic rings. The Labute approximate surface area is 90.3 Å². The van der Waals surface area contributed by atoms with Gasteiger partial charge in [0.1, 0.15) is 5.58 Å². The molecular weight excluding hydrogens is 186 g/mol. The van der Waals surface area contributed by atoms with Crippen molar-refractivity contribution in [2.75, 3.05) is 7.05 Å². The number of hydrogen-bond acceptors (Lipinski definition) is 2. The quantitative estimate of drug-likeness (QED) is 0.829. The molecule has 0 spiro atoms. The van der Waals surface area contributed by atoms with E-state index in [0.29, 0.717) is 12.0 Å². The van der Waals surface area contributed by atoms with E-state index in [4.69, 9.17) is 4.42 Å². The minimum Gasteiger partial charge on any atom is -0.464 e. The average Bonchev–Trinajstić information content (AvgIpc) is 2.73. The van der Waals surface area contributed by atoms with Crippen LogP contribution in [0.4, 0.5) is 0 Å². The van der Waals surface area contributed by atoms with E-state index in [9.17, 15) is 0 Å². The third-order valence-electron chi connectivity index (χ3n) is 3.21. The molecule has 2 unspecified atom stereocenters. The smallest absolute Gasteiger partial charge is 0.133 e. The molecule has 0 fully saturated rings. The summed E-state index contributed by atoms with van der Waals surface area (Å²) in [5, 5.41) is 4.46. The molecule has 15 heavy (non-hydrogen) atoms. The Balaban J connectivity index is 2.35. The highest BCUT2D eigenvalue weighted by molar-refractivity contribution is 5.77. The lowest BCUT2D eigenvalue weighted by atomic mass is 9.94. The van der Waals surface area contributed by atoms with Crippen LogP contribution in [0.3, 0.4) is 0 Å². The molecule has 1 aromatic carbocycles. The van der Waals surface area contributed by atoms with Crippen molar-refractivity contribution in [2.24, 2.45) is 0 Å². The summed E-state index contributed by atoms with van der Waals surface area (Å²) in [6.07, 6.45) is 1.74. The summed E-state index contributed by atoms with van der Waals surface area (Å²) >= 11 is 0. The summed E-state index contributed by atoms with van der Waals surface area (Å²) in [5.74, 6) is 0.509. The predicted molar refractivity (Wildman–Crippen MR) is 63.2 cm³/mol. The van der Waals surface area contributed by atoms with Gasteiger partial charge in [-0.25, -0.2) is 0 Å². The average molecular weight is 203 g/mol. The normalized spacial score (nSPS) is 15.4. The van der Waals surface area contributed by atoms with Gasteiger partial charge in [0.2, 0.25) is 0 Å². The number of hydrogen-bond donors (Lipinski definition) is 1. The Hall–Kier alpha value is -1.28. The van der Waals surface area contributed by atoms with Crippen LogP contribution in [0.1, 0.15) is 25.3 Å². The summed E-state index contributed by atoms with van der Waals surface area (Å²) in [5.41, 5.74) is 2.31. The Bertz CT molecular complexity index is 446. The molecule has 1 heterocycles. The zero-order chi connectivity index (χ0) is 10.8. The highest BCUT2D eigenvalue weighted by atomic mass is 16.3. The maximum atomic E-state index is 5.32. The fourth-order valence-corrected chi connectivity index (χ4v) is 1.81. The lowest BCUT2D eigenvalue weighted by molar-refractivity contribution is 0.524. The van der Waals surface area contributed by atoms with Crippen molar-refractivity contribution in [3.05, 3.63) is 36.1 Å². The van der Waals surface area contributed by atoms with Crippen molar-refractivity contribution < 1.29 is 4.42 Å². The van der Waals surface area contributed by atoms with Crippen LogP contribution in [-0.4, -0.2) is 13.1 Å². The molecule has 0 saturated heterocycles. The molecular formula is C13H17NO. The van der Waals surface area contributed by atoms with Crippen molar-refractivity contribution in [3.8, 4) is 0 Å². The summed E-state index contributed by atoms with van der Waals surface area (Å²) < 4.78 is 5.32. The molecule has 1 N–H and O–H groups in total. The van der Waals surface area contributed by atoms with Crippen LogP contribution in [0.2, 0.25) is 0 Å². The molecule has 2 heteroatoms. The highest BCUT2D eigenvalue weighted by Crippen LogP contribution is 2.24. The molecule has 2 atom stereocenters. The van der Waals surface area contributed by atoms with E-state index in [1.807, 2.05) is 19.2 Å². The fourth-order valence-electron chi connectivity index (χ4n) is 1.81. The van der Waals surface area contributed by atoms with Crippen LogP contribution in [0, 0.1) is 0 Å². The summed E-state index contributed by atoms with van der Waals surface area (Å²) in [6.45, 7) is 4.44. The molecule has 0 aliphatic carbocycles. The van der Waals surface area contributed by atoms with Gasteiger partial charge in [-0.15, -0.1) is 0 Å². The largest absolute Gasteiger partial charge is 0.464 e. The van der Waals surface area contributed by atoms with Gasteiger partial charge in [0.25, 0.3) is 0 Å². The Morgan fingerprint density at radius 2 is 2.00 bits per heavy atom. The van der Waals surface area contributed by atoms with E-state index in [2.05, 4.69) is 31.3 Å². The minimum atomic E-state index is 0.481. The Morgan fingerprint density at radius 3 is 2.73 bits per heavy atom. The second kappa shape index (κ2) is 4.07. The zero-order valence-electron chi connectivity index (χ0n) is 9.45. The summed E-state index contributed by atoms with van der Waals surface area (Å²) in [6, 6.07) is 8.88. The third kappa shape index (κ3) is 1.90. The topological polar surface area (TPSA) is 25.2 Å². The van der Waals surface area contributed by atoms with Gasteiger partial charge >= 0.3 is 0 Å². The Kier molecular flexibility index (Phi) is 2.78. The predicted octanol–water partition coefficient (Wildman–Crippen LogP) is 3.14. The van der Waals surface area contributed by atoms with E-state index in [0.717, 1.165) is 5.58 Å². The van der Waals surface area contributed by atoms with Crippen molar-refractivity contribution in [1.29, 1.82) is 0 Å². The van der Waals surface area contributed by atoms with Crippen molar-refractivity contribution in [1.82, 2.24) is 5.32 Å². The van der Waals surface area contributed by atoms with E-state index in [1.54, 1.807) is 6.26 Å². The number of nitrogens with one attached hydrogen (secondary N) is 1. The number of furan rings is 1. The van der Waals surface area contributed by atoms with Crippen LogP contribution in [0.25, 0.3) is 11.0 Å². The fraction of sp³-hybridized carbons (Fsp3) is 0.385. The lowest BCUT2D eigenvalue weighted by Gasteiger charge is -2.19. The van der Waals surface area contributed by atoms with Crippen molar-refractivity contribution in [2.45, 2.75) is 25.8 Å². The van der Waals surface area contributed by atoms with Crippen LogP contribution < -0.4 is 5.32 Å². The van der Waals surface area contributed by atoms with Gasteiger partial charge < -0.3 is 9.73 Å². The molecule has 0 aliphatic heterocycles. The standard InChI is InChI=1S/C13H17NO/c1-9(10(2)14-3)11-4-5-13-12(8-11)6-7-15-13/h4-10,14H,1-3H3. The first-order chi connectivity index (χ1) is 7.22. The summed E-state index contributed by atoms with van der Waals surface area (Å²) in [4.78, 5) is 0. The molecule has 0 bridgehead atoms. The van der Waals surface area contributed by atoms with Gasteiger partial charge in [0.15, 0.2) is 0 Å². The van der Waals surface area contributed by atoms with Crippen LogP contribution >= 0.6 is 0 Å². The van der Waals surface area contributed by atoms with Gasteiger partial charge in [-0.2, -0.15) is 0 Å². The van der Waals surface area contributed by atoms with Gasteiger partial charge in [-0.05, 0) is 43.7 Å². The minimum absolute atomic E-state index is 0.481. The lowest BCUT2D eigenvalue weighted by Crippen LogP contribution is -2.27. The Morgan fingerprint density at radius 1 is 1.20 bits per heavy atom. The highest BCUT2D eigenvalue weighted by Gasteiger charge is 2.12. The van der Waals surface area contributed by atoms with E-state index in [-0.39, 0.29) is 0 Å². The summed E-state index contributed by atoms with van der Waals surface area (Å²) in [7, 11) is 2.00. The monoisotopic (exact) mass is 203 g/mol. The number of benzene rings is 1. The SMILES string of the molecule is CNC(C)C(C)c1ccc2occc2c1. The molecule has 1 aromatic heterocycles. The first-order valence-electron chi connectivity index (χ1n) is 5.37. The molecule has 0 aliphatic rings. The van der Waals surface area contributed by atoms with Crippen LogP contribution in [0.15, 0.2) is 34.9 Å². The van der Waals surface area contributed by atoms with Crippen molar-refractivity contribution >= 4 is 11.0 Å². The molecule has 0 saturated carbocycles. The van der Waals surface area contributed by atoms with Gasteiger partial charge in [-0.3, -0.25) is 0 Å². The molecule has 2 rings (SSSR count). The number of rotatable bonds is 3. The van der Waals surface area contributed by atoms with Gasteiger partial charge in [0.05, 0.1) is 6.26 Å². The first kappa shape index (κ1) is 10.2. The van der Waals surface area contributed by atoms with E-state index in [1.165, 1.54) is 10.9 Å². The second-order valence-corrected chi connectivity index (χ2v) is 4.08. The van der Waals surface area contributed by atoms with E-state index >= 15 is 0 Å². The number of fused-ring (bicyclic) bond motifs is 1. The van der Waals surface area contributed by atoms with E-state index < -0.39 is 0 Å². The second-order valence-electron chi connectivity index (χ2n) is 4.08. The first-order valence-corrected chi connectivity index (χ1v) is 5.37.